The average molecular weight is 281 g/mol. The summed E-state index contributed by atoms with van der Waals surface area (Å²) in [5, 5.41) is 8.70. The maximum Gasteiger partial charge on any atom is 0.344 e. The summed E-state index contributed by atoms with van der Waals surface area (Å²) < 4.78 is 5.91. The molecule has 0 atom stereocenters. The largest absolute Gasteiger partial charge is 0.423 e. The third-order valence-corrected chi connectivity index (χ3v) is 2.69. The van der Waals surface area contributed by atoms with E-state index in [0.717, 1.165) is 10.0 Å². The molecule has 1 aliphatic rings. The van der Waals surface area contributed by atoms with E-state index in [1.165, 1.54) is 6.08 Å². The van der Waals surface area contributed by atoms with Crippen LogP contribution in [0.3, 0.4) is 0 Å². The SMILES string of the molecule is O=C1O/C(=C\CO)C=C1c1ccc(Br)cc1. The third-order valence-electron chi connectivity index (χ3n) is 2.16. The molecule has 16 heavy (non-hydrogen) atoms. The Morgan fingerprint density at radius 2 is 2.00 bits per heavy atom. The number of aliphatic hydroxyl groups excluding tert-OH is 1. The zero-order valence-corrected chi connectivity index (χ0v) is 9.90. The molecular weight excluding hydrogens is 272 g/mol. The maximum absolute atomic E-state index is 11.5. The Morgan fingerprint density at radius 1 is 1.31 bits per heavy atom. The van der Waals surface area contributed by atoms with Crippen molar-refractivity contribution in [3.63, 3.8) is 0 Å². The molecule has 0 amide bonds. The van der Waals surface area contributed by atoms with Crippen molar-refractivity contribution in [3.05, 3.63) is 52.2 Å². The van der Waals surface area contributed by atoms with E-state index in [1.807, 2.05) is 24.3 Å². The van der Waals surface area contributed by atoms with E-state index in [1.54, 1.807) is 6.08 Å². The van der Waals surface area contributed by atoms with Gasteiger partial charge in [-0.1, -0.05) is 28.1 Å². The van der Waals surface area contributed by atoms with Gasteiger partial charge in [0.2, 0.25) is 0 Å². The molecule has 1 heterocycles. The fourth-order valence-electron chi connectivity index (χ4n) is 1.41. The summed E-state index contributed by atoms with van der Waals surface area (Å²) in [6.07, 6.45) is 3.07. The number of hydrogen-bond donors (Lipinski definition) is 1. The lowest BCUT2D eigenvalue weighted by Gasteiger charge is -1.99. The predicted molar refractivity (Wildman–Crippen MR) is 63.4 cm³/mol. The molecule has 0 saturated carbocycles. The minimum Gasteiger partial charge on any atom is -0.423 e. The molecule has 1 N–H and O–H groups in total. The number of halogens is 1. The van der Waals surface area contributed by atoms with Crippen LogP contribution in [0.1, 0.15) is 5.56 Å². The van der Waals surface area contributed by atoms with Crippen molar-refractivity contribution in [3.8, 4) is 0 Å². The molecule has 0 unspecified atom stereocenters. The van der Waals surface area contributed by atoms with Crippen LogP contribution in [-0.4, -0.2) is 17.7 Å². The molecular formula is C12H9BrO3. The molecule has 1 aromatic carbocycles. The lowest BCUT2D eigenvalue weighted by atomic mass is 10.1. The first-order valence-electron chi connectivity index (χ1n) is 4.71. The van der Waals surface area contributed by atoms with Crippen molar-refractivity contribution in [1.82, 2.24) is 0 Å². The molecule has 0 saturated heterocycles. The Kier molecular flexibility index (Phi) is 3.22. The van der Waals surface area contributed by atoms with E-state index in [0.29, 0.717) is 11.3 Å². The van der Waals surface area contributed by atoms with Gasteiger partial charge in [-0.2, -0.15) is 0 Å². The van der Waals surface area contributed by atoms with Crippen LogP contribution in [0, 0.1) is 0 Å². The van der Waals surface area contributed by atoms with Gasteiger partial charge in [0.15, 0.2) is 0 Å². The highest BCUT2D eigenvalue weighted by Crippen LogP contribution is 2.26. The summed E-state index contributed by atoms with van der Waals surface area (Å²) in [6.45, 7) is -0.146. The summed E-state index contributed by atoms with van der Waals surface area (Å²) >= 11 is 3.33. The van der Waals surface area contributed by atoms with Gasteiger partial charge in [-0.25, -0.2) is 4.79 Å². The zero-order chi connectivity index (χ0) is 11.5. The molecule has 0 bridgehead atoms. The summed E-state index contributed by atoms with van der Waals surface area (Å²) in [5.41, 5.74) is 1.31. The molecule has 0 spiro atoms. The van der Waals surface area contributed by atoms with Crippen LogP contribution < -0.4 is 0 Å². The van der Waals surface area contributed by atoms with Gasteiger partial charge >= 0.3 is 5.97 Å². The van der Waals surface area contributed by atoms with Crippen molar-refractivity contribution in [1.29, 1.82) is 0 Å². The van der Waals surface area contributed by atoms with Gasteiger partial charge < -0.3 is 9.84 Å². The molecule has 0 radical (unpaired) electrons. The number of cyclic esters (lactones) is 1. The Hall–Kier alpha value is -1.39. The Balaban J connectivity index is 2.34. The highest BCUT2D eigenvalue weighted by atomic mass is 79.9. The normalized spacial score (nSPS) is 17.5. The number of allylic oxidation sites excluding steroid dienone is 1. The fourth-order valence-corrected chi connectivity index (χ4v) is 1.68. The molecule has 1 aromatic rings. The van der Waals surface area contributed by atoms with Gasteiger partial charge in [0.25, 0.3) is 0 Å². The molecule has 1 aliphatic heterocycles. The summed E-state index contributed by atoms with van der Waals surface area (Å²) in [7, 11) is 0. The standard InChI is InChI=1S/C12H9BrO3/c13-9-3-1-8(2-4-9)11-7-10(5-6-14)16-12(11)15/h1-5,7,14H,6H2/b10-5-. The van der Waals surface area contributed by atoms with Gasteiger partial charge in [0, 0.05) is 4.47 Å². The first kappa shape index (κ1) is 11.1. The minimum atomic E-state index is -0.387. The van der Waals surface area contributed by atoms with Gasteiger partial charge in [0.05, 0.1) is 12.2 Å². The van der Waals surface area contributed by atoms with Gasteiger partial charge in [-0.3, -0.25) is 0 Å². The van der Waals surface area contributed by atoms with Gasteiger partial charge in [-0.15, -0.1) is 0 Å². The number of aliphatic hydroxyl groups is 1. The van der Waals surface area contributed by atoms with E-state index in [-0.39, 0.29) is 12.6 Å². The van der Waals surface area contributed by atoms with E-state index < -0.39 is 0 Å². The van der Waals surface area contributed by atoms with Gasteiger partial charge in [0.1, 0.15) is 5.76 Å². The zero-order valence-electron chi connectivity index (χ0n) is 8.31. The van der Waals surface area contributed by atoms with E-state index in [9.17, 15) is 4.79 Å². The van der Waals surface area contributed by atoms with E-state index in [4.69, 9.17) is 9.84 Å². The van der Waals surface area contributed by atoms with Crippen LogP contribution in [0.15, 0.2) is 46.6 Å². The molecule has 82 valence electrons. The predicted octanol–water partition coefficient (Wildman–Crippen LogP) is 2.27. The molecule has 0 aliphatic carbocycles. The lowest BCUT2D eigenvalue weighted by Crippen LogP contribution is -1.98. The van der Waals surface area contributed by atoms with Crippen molar-refractivity contribution in [2.45, 2.75) is 0 Å². The number of carbonyl (C=O) groups is 1. The van der Waals surface area contributed by atoms with E-state index in [2.05, 4.69) is 15.9 Å². The number of benzene rings is 1. The second-order valence-corrected chi connectivity index (χ2v) is 4.16. The number of rotatable bonds is 2. The summed E-state index contributed by atoms with van der Waals surface area (Å²) in [5.74, 6) is 0.00689. The Labute approximate surface area is 101 Å². The maximum atomic E-state index is 11.5. The van der Waals surface area contributed by atoms with Gasteiger partial charge in [-0.05, 0) is 29.8 Å². The molecule has 2 rings (SSSR count). The Morgan fingerprint density at radius 3 is 2.62 bits per heavy atom. The quantitative estimate of drug-likeness (QED) is 0.846. The smallest absolute Gasteiger partial charge is 0.344 e. The fraction of sp³-hybridized carbons (Fsp3) is 0.0833. The number of ether oxygens (including phenoxy) is 1. The number of esters is 1. The van der Waals surface area contributed by atoms with Crippen molar-refractivity contribution < 1.29 is 14.6 Å². The summed E-state index contributed by atoms with van der Waals surface area (Å²) in [4.78, 5) is 11.5. The van der Waals surface area contributed by atoms with Crippen LogP contribution in [0.25, 0.3) is 5.57 Å². The minimum absolute atomic E-state index is 0.146. The molecule has 0 aromatic heterocycles. The Bertz CT molecular complexity index is 472. The van der Waals surface area contributed by atoms with Crippen LogP contribution in [-0.2, 0) is 9.53 Å². The third kappa shape index (κ3) is 2.23. The van der Waals surface area contributed by atoms with Crippen LogP contribution in [0.5, 0.6) is 0 Å². The molecule has 3 nitrogen and oxygen atoms in total. The average Bonchev–Trinajstić information content (AvgIpc) is 2.61. The van der Waals surface area contributed by atoms with Crippen molar-refractivity contribution >= 4 is 27.5 Å². The number of hydrogen-bond acceptors (Lipinski definition) is 3. The van der Waals surface area contributed by atoms with Crippen LogP contribution in [0.2, 0.25) is 0 Å². The molecule has 0 fully saturated rings. The first-order valence-corrected chi connectivity index (χ1v) is 5.51. The molecule has 4 heteroatoms. The second-order valence-electron chi connectivity index (χ2n) is 3.24. The van der Waals surface area contributed by atoms with Crippen LogP contribution in [0.4, 0.5) is 0 Å². The lowest BCUT2D eigenvalue weighted by molar-refractivity contribution is -0.131. The van der Waals surface area contributed by atoms with Crippen molar-refractivity contribution in [2.24, 2.45) is 0 Å². The van der Waals surface area contributed by atoms with E-state index >= 15 is 0 Å². The topological polar surface area (TPSA) is 46.5 Å². The second kappa shape index (κ2) is 4.63. The van der Waals surface area contributed by atoms with Crippen molar-refractivity contribution in [2.75, 3.05) is 6.61 Å². The summed E-state index contributed by atoms with van der Waals surface area (Å²) in [6, 6.07) is 7.38. The van der Waals surface area contributed by atoms with Crippen LogP contribution >= 0.6 is 15.9 Å². The highest BCUT2D eigenvalue weighted by Gasteiger charge is 2.22. The highest BCUT2D eigenvalue weighted by molar-refractivity contribution is 9.10. The monoisotopic (exact) mass is 280 g/mol. The number of carbonyl (C=O) groups excluding carboxylic acids is 1. The first-order chi connectivity index (χ1) is 7.70.